The minimum atomic E-state index is -0.228. The second-order valence-corrected chi connectivity index (χ2v) is 7.23. The zero-order chi connectivity index (χ0) is 19.2. The lowest BCUT2D eigenvalue weighted by Crippen LogP contribution is -2.44. The zero-order valence-electron chi connectivity index (χ0n) is 15.9. The smallest absolute Gasteiger partial charge is 0.315 e. The first-order chi connectivity index (χ1) is 13.8. The maximum absolute atomic E-state index is 12.1. The molecule has 1 fully saturated rings. The van der Waals surface area contributed by atoms with Gasteiger partial charge in [-0.3, -0.25) is 0 Å². The van der Waals surface area contributed by atoms with E-state index in [4.69, 9.17) is 14.2 Å². The van der Waals surface area contributed by atoms with Crippen molar-refractivity contribution in [3.63, 3.8) is 0 Å². The van der Waals surface area contributed by atoms with Gasteiger partial charge in [-0.15, -0.1) is 0 Å². The van der Waals surface area contributed by atoms with E-state index in [-0.39, 0.29) is 12.1 Å². The lowest BCUT2D eigenvalue weighted by molar-refractivity contribution is 0.0918. The first kappa shape index (κ1) is 18.5. The summed E-state index contributed by atoms with van der Waals surface area (Å²) in [6, 6.07) is 15.2. The van der Waals surface area contributed by atoms with E-state index < -0.39 is 0 Å². The highest BCUT2D eigenvalue weighted by Crippen LogP contribution is 2.30. The Morgan fingerprint density at radius 3 is 2.54 bits per heavy atom. The van der Waals surface area contributed by atoms with E-state index in [9.17, 15) is 4.79 Å². The fourth-order valence-electron chi connectivity index (χ4n) is 3.50. The molecule has 2 aromatic rings. The third-order valence-electron chi connectivity index (χ3n) is 5.04. The molecule has 148 valence electrons. The molecule has 0 spiro atoms. The fourth-order valence-corrected chi connectivity index (χ4v) is 3.50. The van der Waals surface area contributed by atoms with Gasteiger partial charge >= 0.3 is 6.03 Å². The van der Waals surface area contributed by atoms with E-state index in [1.54, 1.807) is 0 Å². The van der Waals surface area contributed by atoms with Gasteiger partial charge in [0.25, 0.3) is 0 Å². The fraction of sp³-hybridized carbons (Fsp3) is 0.409. The molecule has 28 heavy (non-hydrogen) atoms. The number of ether oxygens (including phenoxy) is 3. The summed E-state index contributed by atoms with van der Waals surface area (Å²) in [7, 11) is 0. The van der Waals surface area contributed by atoms with Crippen molar-refractivity contribution in [1.29, 1.82) is 0 Å². The van der Waals surface area contributed by atoms with Crippen molar-refractivity contribution in [2.75, 3.05) is 13.2 Å². The minimum absolute atomic E-state index is 0.201. The summed E-state index contributed by atoms with van der Waals surface area (Å²) < 4.78 is 17.4. The van der Waals surface area contributed by atoms with Crippen molar-refractivity contribution in [2.24, 2.45) is 0 Å². The Morgan fingerprint density at radius 2 is 1.75 bits per heavy atom. The molecular formula is C22H26N2O4. The average molecular weight is 382 g/mol. The monoisotopic (exact) mass is 382 g/mol. The number of hydrogen-bond acceptors (Lipinski definition) is 4. The van der Waals surface area contributed by atoms with Crippen LogP contribution in [0.4, 0.5) is 4.79 Å². The van der Waals surface area contributed by atoms with Crippen LogP contribution in [0, 0.1) is 0 Å². The predicted octanol–water partition coefficient (Wildman–Crippen LogP) is 3.65. The first-order valence-corrected chi connectivity index (χ1v) is 9.92. The minimum Gasteiger partial charge on any atom is -0.490 e. The van der Waals surface area contributed by atoms with Gasteiger partial charge in [0.1, 0.15) is 12.4 Å². The van der Waals surface area contributed by atoms with Gasteiger partial charge in [0.15, 0.2) is 17.6 Å². The Kier molecular flexibility index (Phi) is 5.85. The van der Waals surface area contributed by atoms with Gasteiger partial charge in [0.05, 0.1) is 12.6 Å². The van der Waals surface area contributed by atoms with Crippen molar-refractivity contribution in [2.45, 2.75) is 44.4 Å². The summed E-state index contributed by atoms with van der Waals surface area (Å²) in [5.41, 5.74) is 1.03. The van der Waals surface area contributed by atoms with Crippen molar-refractivity contribution >= 4 is 6.03 Å². The molecule has 0 aromatic heterocycles. The molecule has 2 aliphatic rings. The van der Waals surface area contributed by atoms with Crippen LogP contribution >= 0.6 is 0 Å². The van der Waals surface area contributed by atoms with Gasteiger partial charge in [-0.2, -0.15) is 0 Å². The van der Waals surface area contributed by atoms with Crippen molar-refractivity contribution in [1.82, 2.24) is 10.6 Å². The number of carbonyl (C=O) groups is 1. The average Bonchev–Trinajstić information content (AvgIpc) is 3.24. The van der Waals surface area contributed by atoms with Crippen molar-refractivity contribution in [3.05, 3.63) is 54.1 Å². The number of rotatable bonds is 6. The zero-order valence-corrected chi connectivity index (χ0v) is 15.9. The lowest BCUT2D eigenvalue weighted by Gasteiger charge is -2.26. The third kappa shape index (κ3) is 4.88. The lowest BCUT2D eigenvalue weighted by atomic mass is 10.2. The van der Waals surface area contributed by atoms with Crippen LogP contribution in [0.1, 0.15) is 31.2 Å². The molecule has 6 nitrogen and oxygen atoms in total. The molecule has 6 heteroatoms. The van der Waals surface area contributed by atoms with E-state index >= 15 is 0 Å². The summed E-state index contributed by atoms with van der Waals surface area (Å²) in [5.74, 6) is 2.35. The number of nitrogens with one attached hydrogen (secondary N) is 2. The van der Waals surface area contributed by atoms with E-state index in [0.717, 1.165) is 29.9 Å². The standard InChI is InChI=1S/C22H26N2O4/c25-22(24-14-19-15-26-20-7-3-4-8-21(20)28-19)23-13-16-9-11-18(12-10-16)27-17-5-1-2-6-17/h3-4,7-12,17,19H,1-2,5-6,13-15H2,(H2,23,24,25). The second kappa shape index (κ2) is 8.87. The maximum Gasteiger partial charge on any atom is 0.315 e. The molecular weight excluding hydrogens is 356 g/mol. The van der Waals surface area contributed by atoms with Crippen LogP contribution in [0.3, 0.4) is 0 Å². The Balaban J connectivity index is 1.17. The molecule has 1 aliphatic heterocycles. The molecule has 4 rings (SSSR count). The highest BCUT2D eigenvalue weighted by atomic mass is 16.6. The summed E-state index contributed by atoms with van der Waals surface area (Å²) in [6.07, 6.45) is 4.95. The molecule has 0 radical (unpaired) electrons. The van der Waals surface area contributed by atoms with Crippen LogP contribution in [0.15, 0.2) is 48.5 Å². The van der Waals surface area contributed by atoms with Gasteiger partial charge in [0.2, 0.25) is 0 Å². The molecule has 1 saturated carbocycles. The number of urea groups is 1. The number of amides is 2. The van der Waals surface area contributed by atoms with E-state index in [1.165, 1.54) is 12.8 Å². The highest BCUT2D eigenvalue weighted by molar-refractivity contribution is 5.73. The Morgan fingerprint density at radius 1 is 1.00 bits per heavy atom. The van der Waals surface area contributed by atoms with Gasteiger partial charge in [-0.1, -0.05) is 24.3 Å². The number of para-hydroxylation sites is 2. The van der Waals surface area contributed by atoms with Crippen LogP contribution in [0.5, 0.6) is 17.2 Å². The van der Waals surface area contributed by atoms with Crippen LogP contribution in [0.2, 0.25) is 0 Å². The maximum atomic E-state index is 12.1. The van der Waals surface area contributed by atoms with Gasteiger partial charge in [-0.05, 0) is 55.5 Å². The number of benzene rings is 2. The molecule has 1 atom stereocenters. The molecule has 2 N–H and O–H groups in total. The van der Waals surface area contributed by atoms with Crippen LogP contribution < -0.4 is 24.8 Å². The molecule has 1 heterocycles. The molecule has 2 amide bonds. The SMILES string of the molecule is O=C(NCc1ccc(OC2CCCC2)cc1)NCC1COc2ccccc2O1. The third-order valence-corrected chi connectivity index (χ3v) is 5.04. The van der Waals surface area contributed by atoms with Crippen LogP contribution in [-0.2, 0) is 6.54 Å². The number of fused-ring (bicyclic) bond motifs is 1. The highest BCUT2D eigenvalue weighted by Gasteiger charge is 2.21. The largest absolute Gasteiger partial charge is 0.490 e. The Labute approximate surface area is 165 Å². The quantitative estimate of drug-likeness (QED) is 0.800. The normalized spacial score (nSPS) is 18.5. The van der Waals surface area contributed by atoms with Crippen LogP contribution in [-0.4, -0.2) is 31.4 Å². The Bertz CT molecular complexity index is 787. The molecule has 1 aliphatic carbocycles. The molecule has 0 saturated heterocycles. The van der Waals surface area contributed by atoms with E-state index in [1.807, 2.05) is 48.5 Å². The summed E-state index contributed by atoms with van der Waals surface area (Å²) in [5, 5.41) is 5.70. The summed E-state index contributed by atoms with van der Waals surface area (Å²) in [4.78, 5) is 12.1. The topological polar surface area (TPSA) is 68.8 Å². The number of hydrogen-bond donors (Lipinski definition) is 2. The van der Waals surface area contributed by atoms with Gasteiger partial charge in [0, 0.05) is 6.54 Å². The second-order valence-electron chi connectivity index (χ2n) is 7.23. The van der Waals surface area contributed by atoms with E-state index in [2.05, 4.69) is 10.6 Å². The van der Waals surface area contributed by atoms with Gasteiger partial charge < -0.3 is 24.8 Å². The van der Waals surface area contributed by atoms with E-state index in [0.29, 0.717) is 31.5 Å². The number of carbonyl (C=O) groups excluding carboxylic acids is 1. The molecule has 0 bridgehead atoms. The van der Waals surface area contributed by atoms with Gasteiger partial charge in [-0.25, -0.2) is 4.79 Å². The van der Waals surface area contributed by atoms with Crippen molar-refractivity contribution < 1.29 is 19.0 Å². The van der Waals surface area contributed by atoms with Crippen molar-refractivity contribution in [3.8, 4) is 17.2 Å². The molecule has 2 aromatic carbocycles. The summed E-state index contributed by atoms with van der Waals surface area (Å²) >= 11 is 0. The summed E-state index contributed by atoms with van der Waals surface area (Å²) in [6.45, 7) is 1.26. The Hall–Kier alpha value is -2.89. The predicted molar refractivity (Wildman–Crippen MR) is 106 cm³/mol. The molecule has 1 unspecified atom stereocenters. The van der Waals surface area contributed by atoms with Crippen LogP contribution in [0.25, 0.3) is 0 Å². The first-order valence-electron chi connectivity index (χ1n) is 9.92.